The van der Waals surface area contributed by atoms with Gasteiger partial charge in [-0.05, 0) is 47.0 Å². The Morgan fingerprint density at radius 2 is 1.94 bits per heavy atom. The van der Waals surface area contributed by atoms with E-state index in [-0.39, 0.29) is 40.9 Å². The molecule has 0 saturated carbocycles. The van der Waals surface area contributed by atoms with Crippen LogP contribution in [0.15, 0.2) is 64.9 Å². The van der Waals surface area contributed by atoms with E-state index in [0.29, 0.717) is 13.0 Å². The fourth-order valence-electron chi connectivity index (χ4n) is 4.42. The van der Waals surface area contributed by atoms with E-state index < -0.39 is 20.6 Å². The summed E-state index contributed by atoms with van der Waals surface area (Å²) in [6.45, 7) is 3.87. The predicted octanol–water partition coefficient (Wildman–Crippen LogP) is 5.13. The Balaban J connectivity index is 1.68. The van der Waals surface area contributed by atoms with Crippen LogP contribution in [0.25, 0.3) is 0 Å². The summed E-state index contributed by atoms with van der Waals surface area (Å²) >= 11 is 7.54. The minimum Gasteiger partial charge on any atom is -0.330 e. The third kappa shape index (κ3) is 5.31. The molecule has 1 aliphatic rings. The number of benzene rings is 2. The summed E-state index contributed by atoms with van der Waals surface area (Å²) in [6.07, 6.45) is 0.697. The van der Waals surface area contributed by atoms with E-state index in [2.05, 4.69) is 0 Å². The molecular weight excluding hydrogens is 522 g/mol. The number of nitrogens with zero attached hydrogens (tertiary/aromatic N) is 3. The van der Waals surface area contributed by atoms with Gasteiger partial charge in [0.1, 0.15) is 5.02 Å². The van der Waals surface area contributed by atoms with E-state index in [1.165, 1.54) is 17.0 Å². The largest absolute Gasteiger partial charge is 0.330 e. The third-order valence-electron chi connectivity index (χ3n) is 6.03. The van der Waals surface area contributed by atoms with Crippen LogP contribution in [0, 0.1) is 16.0 Å². The van der Waals surface area contributed by atoms with Crippen molar-refractivity contribution in [3.05, 3.63) is 91.1 Å². The molecule has 4 rings (SSSR count). The van der Waals surface area contributed by atoms with Crippen molar-refractivity contribution in [1.29, 1.82) is 0 Å². The third-order valence-corrected chi connectivity index (χ3v) is 9.16. The number of carbonyl (C=O) groups is 1. The van der Waals surface area contributed by atoms with E-state index in [4.69, 9.17) is 11.6 Å². The maximum absolute atomic E-state index is 13.7. The summed E-state index contributed by atoms with van der Waals surface area (Å²) in [5.74, 6) is -0.405. The molecule has 0 unspecified atom stereocenters. The van der Waals surface area contributed by atoms with Crippen LogP contribution in [-0.4, -0.2) is 48.1 Å². The number of amides is 1. The summed E-state index contributed by atoms with van der Waals surface area (Å²) in [5.41, 5.74) is 1.51. The summed E-state index contributed by atoms with van der Waals surface area (Å²) in [5, 5.41) is 13.2. The van der Waals surface area contributed by atoms with Crippen LogP contribution in [0.3, 0.4) is 0 Å². The van der Waals surface area contributed by atoms with Crippen molar-refractivity contribution in [3.63, 3.8) is 0 Å². The number of fused-ring (bicyclic) bond motifs is 1. The second kappa shape index (κ2) is 10.7. The molecule has 0 saturated heterocycles. The fraction of sp³-hybridized carbons (Fsp3) is 0.320. The van der Waals surface area contributed by atoms with Gasteiger partial charge in [-0.3, -0.25) is 14.9 Å². The number of carbonyl (C=O) groups excluding carboxylic acids is 1. The number of hydrogen-bond acceptors (Lipinski definition) is 6. The molecule has 0 N–H and O–H groups in total. The highest BCUT2D eigenvalue weighted by atomic mass is 35.5. The van der Waals surface area contributed by atoms with Crippen molar-refractivity contribution in [2.24, 2.45) is 5.92 Å². The van der Waals surface area contributed by atoms with Crippen molar-refractivity contribution >= 4 is 44.6 Å². The lowest BCUT2D eigenvalue weighted by molar-refractivity contribution is -0.384. The quantitative estimate of drug-likeness (QED) is 0.287. The number of nitro groups is 1. The number of sulfonamides is 1. The highest BCUT2D eigenvalue weighted by Crippen LogP contribution is 2.38. The Labute approximate surface area is 219 Å². The smallest absolute Gasteiger partial charge is 0.289 e. The first-order valence-corrected chi connectivity index (χ1v) is 14.1. The van der Waals surface area contributed by atoms with Gasteiger partial charge in [-0.2, -0.15) is 4.31 Å². The molecule has 8 nitrogen and oxygen atoms in total. The van der Waals surface area contributed by atoms with Crippen LogP contribution in [-0.2, 0) is 21.2 Å². The van der Waals surface area contributed by atoms with Gasteiger partial charge in [0.05, 0.1) is 22.4 Å². The van der Waals surface area contributed by atoms with Gasteiger partial charge in [0, 0.05) is 24.0 Å². The molecule has 1 atom stereocenters. The lowest BCUT2D eigenvalue weighted by Gasteiger charge is -2.37. The molecule has 3 aromatic rings. The van der Waals surface area contributed by atoms with Crippen molar-refractivity contribution < 1.29 is 18.1 Å². The van der Waals surface area contributed by atoms with Crippen LogP contribution >= 0.6 is 22.9 Å². The molecule has 36 heavy (non-hydrogen) atoms. The monoisotopic (exact) mass is 547 g/mol. The second-order valence-corrected chi connectivity index (χ2v) is 12.4. The summed E-state index contributed by atoms with van der Waals surface area (Å²) in [4.78, 5) is 27.0. The molecule has 0 bridgehead atoms. The first kappa shape index (κ1) is 26.3. The molecule has 1 aromatic heterocycles. The maximum Gasteiger partial charge on any atom is 0.289 e. The van der Waals surface area contributed by atoms with Gasteiger partial charge in [0.25, 0.3) is 5.69 Å². The summed E-state index contributed by atoms with van der Waals surface area (Å²) < 4.78 is 28.3. The zero-order valence-electron chi connectivity index (χ0n) is 19.8. The van der Waals surface area contributed by atoms with E-state index in [1.807, 2.05) is 55.6 Å². The number of halogens is 1. The molecule has 0 radical (unpaired) electrons. The topological polar surface area (TPSA) is 101 Å². The van der Waals surface area contributed by atoms with Gasteiger partial charge < -0.3 is 4.90 Å². The average molecular weight is 548 g/mol. The normalized spacial score (nSPS) is 15.8. The van der Waals surface area contributed by atoms with Gasteiger partial charge in [-0.25, -0.2) is 8.42 Å². The van der Waals surface area contributed by atoms with Gasteiger partial charge in [-0.1, -0.05) is 55.8 Å². The fourth-order valence-corrected chi connectivity index (χ4v) is 7.08. The highest BCUT2D eigenvalue weighted by Gasteiger charge is 2.36. The Morgan fingerprint density at radius 1 is 1.22 bits per heavy atom. The first-order valence-electron chi connectivity index (χ1n) is 11.4. The predicted molar refractivity (Wildman–Crippen MR) is 140 cm³/mol. The highest BCUT2D eigenvalue weighted by molar-refractivity contribution is 7.89. The minimum absolute atomic E-state index is 0.0791. The molecule has 1 aliphatic heterocycles. The van der Waals surface area contributed by atoms with Gasteiger partial charge in [-0.15, -0.1) is 11.3 Å². The minimum atomic E-state index is -4.21. The Morgan fingerprint density at radius 3 is 2.61 bits per heavy atom. The lowest BCUT2D eigenvalue weighted by atomic mass is 9.93. The molecule has 11 heteroatoms. The van der Waals surface area contributed by atoms with E-state index in [9.17, 15) is 23.3 Å². The SMILES string of the molecule is CC(C)CN(CC(=O)N1CCc2sccc2[C@H]1c1ccccc1)S(=O)(=O)c1ccc(Cl)c([N+](=O)[O-])c1. The van der Waals surface area contributed by atoms with Gasteiger partial charge >= 0.3 is 0 Å². The van der Waals surface area contributed by atoms with Crippen LogP contribution in [0.5, 0.6) is 0 Å². The van der Waals surface area contributed by atoms with Crippen molar-refractivity contribution in [3.8, 4) is 0 Å². The molecular formula is C25H26ClN3O5S2. The average Bonchev–Trinajstić information content (AvgIpc) is 3.32. The summed E-state index contributed by atoms with van der Waals surface area (Å²) in [6, 6.07) is 14.8. The van der Waals surface area contributed by atoms with Gasteiger partial charge in [0.2, 0.25) is 15.9 Å². The summed E-state index contributed by atoms with van der Waals surface area (Å²) in [7, 11) is -4.21. The van der Waals surface area contributed by atoms with E-state index in [1.54, 1.807) is 16.2 Å². The van der Waals surface area contributed by atoms with Crippen molar-refractivity contribution in [2.75, 3.05) is 19.6 Å². The molecule has 0 fully saturated rings. The molecule has 0 aliphatic carbocycles. The Hall–Kier alpha value is -2.79. The maximum atomic E-state index is 13.7. The zero-order chi connectivity index (χ0) is 26.0. The van der Waals surface area contributed by atoms with Crippen LogP contribution in [0.2, 0.25) is 5.02 Å². The number of thiophene rings is 1. The van der Waals surface area contributed by atoms with E-state index >= 15 is 0 Å². The molecule has 190 valence electrons. The van der Waals surface area contributed by atoms with E-state index in [0.717, 1.165) is 21.5 Å². The van der Waals surface area contributed by atoms with Crippen LogP contribution in [0.1, 0.15) is 35.9 Å². The Bertz CT molecular complexity index is 1380. The molecule has 2 heterocycles. The van der Waals surface area contributed by atoms with Crippen LogP contribution in [0.4, 0.5) is 5.69 Å². The number of rotatable bonds is 8. The first-order chi connectivity index (χ1) is 17.1. The van der Waals surface area contributed by atoms with Crippen molar-refractivity contribution in [1.82, 2.24) is 9.21 Å². The second-order valence-electron chi connectivity index (χ2n) is 9.01. The number of nitro benzene ring substituents is 1. The molecule has 0 spiro atoms. The number of hydrogen-bond donors (Lipinski definition) is 0. The molecule has 2 aromatic carbocycles. The lowest BCUT2D eigenvalue weighted by Crippen LogP contribution is -2.47. The van der Waals surface area contributed by atoms with Crippen LogP contribution < -0.4 is 0 Å². The Kier molecular flexibility index (Phi) is 7.79. The zero-order valence-corrected chi connectivity index (χ0v) is 22.2. The van der Waals surface area contributed by atoms with Gasteiger partial charge in [0.15, 0.2) is 0 Å². The standard InChI is InChI=1S/C25H26ClN3O5S2/c1-17(2)15-27(36(33,34)19-8-9-21(26)22(14-19)29(31)32)16-24(30)28-12-10-23-20(11-13-35-23)25(28)18-6-4-3-5-7-18/h3-9,11,13-14,17,25H,10,12,15-16H2,1-2H3/t25-/m1/s1. The molecule has 1 amide bonds. The van der Waals surface area contributed by atoms with Crippen molar-refractivity contribution in [2.45, 2.75) is 31.2 Å².